The molecule has 0 aromatic rings. The molecule has 1 aliphatic heterocycles. The average molecular weight is 423 g/mol. The molecule has 2 saturated carbocycles. The van der Waals surface area contributed by atoms with E-state index in [1.54, 1.807) is 0 Å². The van der Waals surface area contributed by atoms with Crippen LogP contribution in [0.25, 0.3) is 0 Å². The summed E-state index contributed by atoms with van der Waals surface area (Å²) in [6.07, 6.45) is 8.53. The third kappa shape index (κ3) is 4.01. The van der Waals surface area contributed by atoms with E-state index in [9.17, 15) is 0 Å². The van der Waals surface area contributed by atoms with Crippen LogP contribution in [-0.4, -0.2) is 48.5 Å². The highest BCUT2D eigenvalue weighted by Crippen LogP contribution is 2.56. The lowest BCUT2D eigenvalue weighted by atomic mass is 9.65. The van der Waals surface area contributed by atoms with Crippen molar-refractivity contribution >= 4 is 41.7 Å². The van der Waals surface area contributed by atoms with E-state index < -0.39 is 0 Å². The normalized spacial score (nSPS) is 28.6. The Labute approximate surface area is 151 Å². The van der Waals surface area contributed by atoms with Gasteiger partial charge in [-0.1, -0.05) is 13.3 Å². The molecular formula is C16H30IN3S. The third-order valence-electron chi connectivity index (χ3n) is 5.50. The molecule has 122 valence electrons. The first-order valence-corrected chi connectivity index (χ1v) is 9.39. The molecule has 1 saturated heterocycles. The summed E-state index contributed by atoms with van der Waals surface area (Å²) < 4.78 is 0. The second kappa shape index (κ2) is 7.75. The fourth-order valence-electron chi connectivity index (χ4n) is 3.80. The Morgan fingerprint density at radius 3 is 2.67 bits per heavy atom. The molecule has 2 aliphatic carbocycles. The van der Waals surface area contributed by atoms with Gasteiger partial charge in [-0.15, -0.1) is 24.0 Å². The lowest BCUT2D eigenvalue weighted by Crippen LogP contribution is -2.52. The molecular weight excluding hydrogens is 393 g/mol. The van der Waals surface area contributed by atoms with E-state index in [0.29, 0.717) is 5.41 Å². The van der Waals surface area contributed by atoms with Crippen LogP contribution >= 0.6 is 35.7 Å². The highest BCUT2D eigenvalue weighted by atomic mass is 127. The van der Waals surface area contributed by atoms with E-state index in [-0.39, 0.29) is 24.0 Å². The van der Waals surface area contributed by atoms with E-state index in [1.165, 1.54) is 44.3 Å². The molecule has 0 spiro atoms. The summed E-state index contributed by atoms with van der Waals surface area (Å²) >= 11 is 2.12. The van der Waals surface area contributed by atoms with E-state index >= 15 is 0 Å². The largest absolute Gasteiger partial charge is 0.356 e. The molecule has 3 aliphatic rings. The highest BCUT2D eigenvalue weighted by Gasteiger charge is 2.48. The van der Waals surface area contributed by atoms with Crippen molar-refractivity contribution in [2.24, 2.45) is 16.3 Å². The average Bonchev–Trinajstić information content (AvgIpc) is 3.27. The Balaban J connectivity index is 0.00000161. The van der Waals surface area contributed by atoms with Crippen molar-refractivity contribution in [3.8, 4) is 0 Å². The maximum absolute atomic E-state index is 4.54. The maximum atomic E-state index is 4.54. The SMILES string of the molecule is CCC1CN(C(=NC)NCC2(C3CC3)CCC2)CCS1.I. The summed E-state index contributed by atoms with van der Waals surface area (Å²) in [5.41, 5.74) is 0.630. The minimum Gasteiger partial charge on any atom is -0.356 e. The molecule has 0 radical (unpaired) electrons. The zero-order valence-corrected chi connectivity index (χ0v) is 16.6. The fourth-order valence-corrected chi connectivity index (χ4v) is 4.98. The Bertz CT molecular complexity index is 367. The predicted octanol–water partition coefficient (Wildman–Crippen LogP) is 3.59. The van der Waals surface area contributed by atoms with Gasteiger partial charge >= 0.3 is 0 Å². The molecule has 3 nitrogen and oxygen atoms in total. The minimum atomic E-state index is 0. The van der Waals surface area contributed by atoms with Gasteiger partial charge in [0.2, 0.25) is 0 Å². The summed E-state index contributed by atoms with van der Waals surface area (Å²) in [5, 5.41) is 4.50. The molecule has 1 unspecified atom stereocenters. The van der Waals surface area contributed by atoms with E-state index in [1.807, 2.05) is 7.05 Å². The van der Waals surface area contributed by atoms with Crippen LogP contribution in [0.4, 0.5) is 0 Å². The summed E-state index contributed by atoms with van der Waals surface area (Å²) in [5.74, 6) is 3.41. The topological polar surface area (TPSA) is 27.6 Å². The van der Waals surface area contributed by atoms with E-state index in [0.717, 1.165) is 36.8 Å². The number of guanidine groups is 1. The van der Waals surface area contributed by atoms with Gasteiger partial charge in [0.1, 0.15) is 0 Å². The molecule has 0 bridgehead atoms. The van der Waals surface area contributed by atoms with Crippen LogP contribution in [-0.2, 0) is 0 Å². The summed E-state index contributed by atoms with van der Waals surface area (Å²) in [6, 6.07) is 0. The lowest BCUT2D eigenvalue weighted by Gasteiger charge is -2.44. The lowest BCUT2D eigenvalue weighted by molar-refractivity contribution is 0.104. The van der Waals surface area contributed by atoms with Gasteiger partial charge in [-0.25, -0.2) is 0 Å². The number of hydrogen-bond donors (Lipinski definition) is 1. The van der Waals surface area contributed by atoms with Crippen molar-refractivity contribution in [3.05, 3.63) is 0 Å². The van der Waals surface area contributed by atoms with Crippen molar-refractivity contribution < 1.29 is 0 Å². The van der Waals surface area contributed by atoms with Gasteiger partial charge in [0.15, 0.2) is 5.96 Å². The Hall–Kier alpha value is 0.350. The second-order valence-electron chi connectivity index (χ2n) is 6.74. The van der Waals surface area contributed by atoms with Crippen molar-refractivity contribution in [2.75, 3.05) is 32.4 Å². The van der Waals surface area contributed by atoms with Crippen LogP contribution in [0.1, 0.15) is 45.4 Å². The van der Waals surface area contributed by atoms with Gasteiger partial charge in [0.05, 0.1) is 0 Å². The number of thioether (sulfide) groups is 1. The van der Waals surface area contributed by atoms with Gasteiger partial charge in [-0.2, -0.15) is 11.8 Å². The van der Waals surface area contributed by atoms with Crippen molar-refractivity contribution in [2.45, 2.75) is 50.7 Å². The van der Waals surface area contributed by atoms with E-state index in [2.05, 4.69) is 33.9 Å². The molecule has 1 N–H and O–H groups in total. The minimum absolute atomic E-state index is 0. The third-order valence-corrected chi connectivity index (χ3v) is 6.87. The van der Waals surface area contributed by atoms with Crippen molar-refractivity contribution in [1.82, 2.24) is 10.2 Å². The number of hydrogen-bond acceptors (Lipinski definition) is 2. The molecule has 0 aromatic carbocycles. The van der Waals surface area contributed by atoms with Crippen LogP contribution < -0.4 is 5.32 Å². The summed E-state index contributed by atoms with van der Waals surface area (Å²) in [7, 11) is 1.94. The zero-order chi connectivity index (χ0) is 14.0. The van der Waals surface area contributed by atoms with Crippen LogP contribution in [0.2, 0.25) is 0 Å². The monoisotopic (exact) mass is 423 g/mol. The van der Waals surface area contributed by atoms with Crippen molar-refractivity contribution in [3.63, 3.8) is 0 Å². The van der Waals surface area contributed by atoms with Crippen LogP contribution in [0.3, 0.4) is 0 Å². The smallest absolute Gasteiger partial charge is 0.193 e. The first-order chi connectivity index (χ1) is 9.77. The zero-order valence-electron chi connectivity index (χ0n) is 13.4. The molecule has 5 heteroatoms. The number of rotatable bonds is 4. The van der Waals surface area contributed by atoms with Gasteiger partial charge in [-0.05, 0) is 43.4 Å². The fraction of sp³-hybridized carbons (Fsp3) is 0.938. The number of nitrogens with zero attached hydrogens (tertiary/aromatic N) is 2. The Morgan fingerprint density at radius 1 is 1.38 bits per heavy atom. The first-order valence-electron chi connectivity index (χ1n) is 8.34. The van der Waals surface area contributed by atoms with Crippen LogP contribution in [0, 0.1) is 11.3 Å². The van der Waals surface area contributed by atoms with Crippen LogP contribution in [0.5, 0.6) is 0 Å². The molecule has 0 amide bonds. The Morgan fingerprint density at radius 2 is 2.14 bits per heavy atom. The molecule has 21 heavy (non-hydrogen) atoms. The summed E-state index contributed by atoms with van der Waals surface area (Å²) in [6.45, 7) is 5.77. The van der Waals surface area contributed by atoms with Crippen molar-refractivity contribution in [1.29, 1.82) is 0 Å². The first kappa shape index (κ1) is 17.7. The van der Waals surface area contributed by atoms with Crippen LogP contribution in [0.15, 0.2) is 4.99 Å². The van der Waals surface area contributed by atoms with Gasteiger partial charge in [0, 0.05) is 37.7 Å². The highest BCUT2D eigenvalue weighted by molar-refractivity contribution is 14.0. The molecule has 3 rings (SSSR count). The number of nitrogens with one attached hydrogen (secondary N) is 1. The van der Waals surface area contributed by atoms with Gasteiger partial charge < -0.3 is 10.2 Å². The quantitative estimate of drug-likeness (QED) is 0.426. The molecule has 1 atom stereocenters. The molecule has 0 aromatic heterocycles. The molecule has 1 heterocycles. The second-order valence-corrected chi connectivity index (χ2v) is 8.15. The maximum Gasteiger partial charge on any atom is 0.193 e. The standard InChI is InChI=1S/C16H29N3S.HI/c1-3-14-11-19(9-10-20-14)15(17-2)18-12-16(7-4-8-16)13-5-6-13;/h13-14H,3-12H2,1-2H3,(H,17,18);1H. The summed E-state index contributed by atoms with van der Waals surface area (Å²) in [4.78, 5) is 7.02. The van der Waals surface area contributed by atoms with E-state index in [4.69, 9.17) is 0 Å². The Kier molecular flexibility index (Phi) is 6.53. The van der Waals surface area contributed by atoms with Gasteiger partial charge in [-0.3, -0.25) is 4.99 Å². The number of aliphatic imine (C=N–C) groups is 1. The van der Waals surface area contributed by atoms with Gasteiger partial charge in [0.25, 0.3) is 0 Å². The number of halogens is 1. The molecule has 3 fully saturated rings. The predicted molar refractivity (Wildman–Crippen MR) is 104 cm³/mol.